The summed E-state index contributed by atoms with van der Waals surface area (Å²) in [6, 6.07) is 17.9. The first-order valence-corrected chi connectivity index (χ1v) is 10.9. The van der Waals surface area contributed by atoms with Gasteiger partial charge in [-0.15, -0.1) is 0 Å². The van der Waals surface area contributed by atoms with E-state index < -0.39 is 5.41 Å². The Hall–Kier alpha value is -4.09. The van der Waals surface area contributed by atoms with E-state index in [1.54, 1.807) is 12.4 Å². The van der Waals surface area contributed by atoms with E-state index in [0.29, 0.717) is 35.8 Å². The molecule has 1 aliphatic heterocycles. The highest BCUT2D eigenvalue weighted by atomic mass is 16.5. The van der Waals surface area contributed by atoms with Crippen molar-refractivity contribution in [1.82, 2.24) is 25.4 Å². The molecule has 0 spiro atoms. The second kappa shape index (κ2) is 8.81. The van der Waals surface area contributed by atoms with Gasteiger partial charge in [-0.3, -0.25) is 4.98 Å². The van der Waals surface area contributed by atoms with Crippen molar-refractivity contribution in [1.29, 1.82) is 5.26 Å². The van der Waals surface area contributed by atoms with E-state index in [0.717, 1.165) is 36.2 Å². The first-order chi connectivity index (χ1) is 16.2. The van der Waals surface area contributed by atoms with Gasteiger partial charge in [-0.1, -0.05) is 35.5 Å². The number of nitriles is 1. The number of nitrogens with two attached hydrogens (primary N) is 1. The lowest BCUT2D eigenvalue weighted by atomic mass is 9.78. The molecule has 8 nitrogen and oxygen atoms in total. The van der Waals surface area contributed by atoms with Crippen molar-refractivity contribution < 1.29 is 4.52 Å². The van der Waals surface area contributed by atoms with Crippen molar-refractivity contribution in [2.75, 3.05) is 18.8 Å². The molecule has 0 amide bonds. The third-order valence-electron chi connectivity index (χ3n) is 5.96. The molecule has 1 atom stereocenters. The van der Waals surface area contributed by atoms with E-state index in [9.17, 15) is 5.26 Å². The van der Waals surface area contributed by atoms with Gasteiger partial charge in [0.25, 0.3) is 0 Å². The van der Waals surface area contributed by atoms with E-state index >= 15 is 0 Å². The van der Waals surface area contributed by atoms with E-state index in [-0.39, 0.29) is 5.82 Å². The van der Waals surface area contributed by atoms with Crippen molar-refractivity contribution in [3.63, 3.8) is 0 Å². The highest BCUT2D eigenvalue weighted by Crippen LogP contribution is 2.32. The molecule has 3 N–H and O–H groups in total. The molecule has 1 aliphatic rings. The number of nitrogens with zero attached hydrogens (tertiary/aromatic N) is 5. The summed E-state index contributed by atoms with van der Waals surface area (Å²) in [5.74, 6) is 0.715. The molecule has 8 heteroatoms. The number of benzene rings is 1. The Morgan fingerprint density at radius 2 is 1.97 bits per heavy atom. The van der Waals surface area contributed by atoms with Gasteiger partial charge in [-0.2, -0.15) is 5.26 Å². The minimum Gasteiger partial charge on any atom is -0.382 e. The summed E-state index contributed by atoms with van der Waals surface area (Å²) in [4.78, 5) is 13.6. The van der Waals surface area contributed by atoms with Gasteiger partial charge in [0.2, 0.25) is 0 Å². The number of pyridine rings is 1. The van der Waals surface area contributed by atoms with Crippen molar-refractivity contribution >= 4 is 5.82 Å². The van der Waals surface area contributed by atoms with Crippen LogP contribution in [0.1, 0.15) is 18.5 Å². The van der Waals surface area contributed by atoms with Crippen molar-refractivity contribution in [2.45, 2.75) is 19.3 Å². The third kappa shape index (κ3) is 4.31. The summed E-state index contributed by atoms with van der Waals surface area (Å²) in [6.45, 7) is 1.63. The minimum absolute atomic E-state index is 0.264. The highest BCUT2D eigenvalue weighted by Gasteiger charge is 2.32. The quantitative estimate of drug-likeness (QED) is 0.482. The lowest BCUT2D eigenvalue weighted by molar-refractivity contribution is 0.284. The van der Waals surface area contributed by atoms with E-state index in [2.05, 4.69) is 26.5 Å². The molecule has 1 saturated heterocycles. The Balaban J connectivity index is 1.45. The van der Waals surface area contributed by atoms with Gasteiger partial charge < -0.3 is 15.6 Å². The Bertz CT molecular complexity index is 1300. The fourth-order valence-corrected chi connectivity index (χ4v) is 4.19. The lowest BCUT2D eigenvalue weighted by Gasteiger charge is -2.31. The summed E-state index contributed by atoms with van der Waals surface area (Å²) in [6.07, 6.45) is 5.81. The number of hydrogen-bond donors (Lipinski definition) is 2. The summed E-state index contributed by atoms with van der Waals surface area (Å²) in [5, 5.41) is 17.3. The number of rotatable bonds is 5. The molecular formula is C25H23N7O. The standard InChI is InChI=1S/C25H23N7O/c26-15-25(8-4-9-28-16-25)13-19-11-18(7-10-29-19)21-14-30-24(27)23(31-21)22-12-20(32-33-22)17-5-2-1-3-6-17/h1-3,5-7,10-12,14,28H,4,8-9,13,16H2,(H2,27,30). The first kappa shape index (κ1) is 20.8. The molecule has 0 bridgehead atoms. The number of piperidine rings is 1. The van der Waals surface area contributed by atoms with E-state index in [1.165, 1.54) is 0 Å². The summed E-state index contributed by atoms with van der Waals surface area (Å²) < 4.78 is 5.54. The predicted molar refractivity (Wildman–Crippen MR) is 124 cm³/mol. The summed E-state index contributed by atoms with van der Waals surface area (Å²) >= 11 is 0. The van der Waals surface area contributed by atoms with E-state index in [4.69, 9.17) is 15.2 Å². The van der Waals surface area contributed by atoms with Crippen LogP contribution in [0.4, 0.5) is 5.82 Å². The zero-order valence-electron chi connectivity index (χ0n) is 18.0. The van der Waals surface area contributed by atoms with Crippen LogP contribution in [-0.2, 0) is 6.42 Å². The minimum atomic E-state index is -0.435. The van der Waals surface area contributed by atoms with Gasteiger partial charge >= 0.3 is 0 Å². The van der Waals surface area contributed by atoms with Gasteiger partial charge in [0, 0.05) is 42.0 Å². The van der Waals surface area contributed by atoms with Crippen LogP contribution in [0.2, 0.25) is 0 Å². The smallest absolute Gasteiger partial charge is 0.189 e. The van der Waals surface area contributed by atoms with Crippen LogP contribution in [0.3, 0.4) is 0 Å². The Kier molecular flexibility index (Phi) is 5.55. The van der Waals surface area contributed by atoms with Crippen LogP contribution in [-0.4, -0.2) is 33.2 Å². The van der Waals surface area contributed by atoms with Crippen LogP contribution in [0, 0.1) is 16.7 Å². The van der Waals surface area contributed by atoms with E-state index in [1.807, 2.05) is 48.5 Å². The highest BCUT2D eigenvalue weighted by molar-refractivity contribution is 5.73. The number of aromatic nitrogens is 4. The average Bonchev–Trinajstić information content (AvgIpc) is 3.36. The van der Waals surface area contributed by atoms with Crippen LogP contribution in [0.5, 0.6) is 0 Å². The fraction of sp³-hybridized carbons (Fsp3) is 0.240. The maximum absolute atomic E-state index is 9.80. The Morgan fingerprint density at radius 1 is 1.09 bits per heavy atom. The molecule has 5 rings (SSSR count). The number of nitrogen functional groups attached to an aromatic ring is 1. The molecule has 33 heavy (non-hydrogen) atoms. The third-order valence-corrected chi connectivity index (χ3v) is 5.96. The molecule has 3 aromatic heterocycles. The number of nitrogens with one attached hydrogen (secondary N) is 1. The first-order valence-electron chi connectivity index (χ1n) is 10.9. The monoisotopic (exact) mass is 437 g/mol. The summed E-state index contributed by atoms with van der Waals surface area (Å²) in [5.41, 5.74) is 10.1. The molecule has 1 aromatic carbocycles. The van der Waals surface area contributed by atoms with Crippen molar-refractivity contribution in [3.8, 4) is 40.0 Å². The van der Waals surface area contributed by atoms with Gasteiger partial charge in [0.1, 0.15) is 5.69 Å². The van der Waals surface area contributed by atoms with Crippen LogP contribution in [0.25, 0.3) is 34.0 Å². The molecule has 4 aromatic rings. The second-order valence-corrected chi connectivity index (χ2v) is 8.32. The average molecular weight is 438 g/mol. The van der Waals surface area contributed by atoms with Gasteiger partial charge in [-0.25, -0.2) is 9.97 Å². The normalized spacial score (nSPS) is 18.0. The zero-order valence-corrected chi connectivity index (χ0v) is 18.0. The van der Waals surface area contributed by atoms with Crippen LogP contribution < -0.4 is 11.1 Å². The fourth-order valence-electron chi connectivity index (χ4n) is 4.19. The molecule has 164 valence electrons. The summed E-state index contributed by atoms with van der Waals surface area (Å²) in [7, 11) is 0. The Morgan fingerprint density at radius 3 is 2.76 bits per heavy atom. The topological polar surface area (TPSA) is 127 Å². The maximum Gasteiger partial charge on any atom is 0.189 e. The van der Waals surface area contributed by atoms with Gasteiger partial charge in [-0.05, 0) is 31.5 Å². The van der Waals surface area contributed by atoms with Gasteiger partial charge in [0.05, 0.1) is 23.4 Å². The predicted octanol–water partition coefficient (Wildman–Crippen LogP) is 3.88. The zero-order chi connectivity index (χ0) is 22.7. The number of hydrogen-bond acceptors (Lipinski definition) is 8. The molecule has 0 saturated carbocycles. The number of anilines is 1. The van der Waals surface area contributed by atoms with Crippen LogP contribution >= 0.6 is 0 Å². The second-order valence-electron chi connectivity index (χ2n) is 8.32. The van der Waals surface area contributed by atoms with Gasteiger partial charge in [0.15, 0.2) is 17.3 Å². The molecule has 0 radical (unpaired) electrons. The van der Waals surface area contributed by atoms with Crippen LogP contribution in [0.15, 0.2) is 65.4 Å². The Labute approximate surface area is 191 Å². The largest absolute Gasteiger partial charge is 0.382 e. The van der Waals surface area contributed by atoms with Crippen molar-refractivity contribution in [3.05, 3.63) is 66.6 Å². The molecule has 1 fully saturated rings. The molecular weight excluding hydrogens is 414 g/mol. The van der Waals surface area contributed by atoms with Crippen molar-refractivity contribution in [2.24, 2.45) is 5.41 Å². The molecule has 4 heterocycles. The lowest BCUT2D eigenvalue weighted by Crippen LogP contribution is -2.40. The SMILES string of the molecule is N#CC1(Cc2cc(-c3cnc(N)c(-c4cc(-c5ccccc5)no4)n3)ccn2)CCCNC1. The maximum atomic E-state index is 9.80. The molecule has 0 aliphatic carbocycles. The molecule has 1 unspecified atom stereocenters.